The van der Waals surface area contributed by atoms with Gasteiger partial charge >= 0.3 is 0 Å². The van der Waals surface area contributed by atoms with Crippen molar-refractivity contribution in [2.45, 2.75) is 0 Å². The smallest absolute Gasteiger partial charge is 0.0641 e. The lowest BCUT2D eigenvalue weighted by molar-refractivity contribution is 1.16. The van der Waals surface area contributed by atoms with Crippen molar-refractivity contribution in [1.82, 2.24) is 13.7 Å². The summed E-state index contributed by atoms with van der Waals surface area (Å²) in [6.45, 7) is 0. The van der Waals surface area contributed by atoms with Crippen LogP contribution in [0.15, 0.2) is 164 Å². The number of rotatable bonds is 3. The molecule has 0 atom stereocenters. The van der Waals surface area contributed by atoms with Crippen molar-refractivity contribution < 1.29 is 0 Å². The molecular formula is C42H27N3. The lowest BCUT2D eigenvalue weighted by Crippen LogP contribution is -1.96. The maximum atomic E-state index is 2.49. The van der Waals surface area contributed by atoms with E-state index in [1.54, 1.807) is 0 Å². The minimum absolute atomic E-state index is 1.16. The average molecular weight is 574 g/mol. The fraction of sp³-hybridized carbons (Fsp3) is 0. The van der Waals surface area contributed by atoms with Gasteiger partial charge in [0.1, 0.15) is 0 Å². The molecule has 0 aliphatic carbocycles. The summed E-state index contributed by atoms with van der Waals surface area (Å²) in [5.41, 5.74) is 10.8. The van der Waals surface area contributed by atoms with Crippen LogP contribution in [-0.4, -0.2) is 13.7 Å². The molecule has 3 aromatic heterocycles. The number of para-hydroxylation sites is 5. The molecule has 0 radical (unpaired) electrons. The summed E-state index contributed by atoms with van der Waals surface area (Å²) in [7, 11) is 0. The Morgan fingerprint density at radius 2 is 0.733 bits per heavy atom. The Bertz CT molecular complexity index is 2730. The van der Waals surface area contributed by atoms with Crippen LogP contribution in [0.25, 0.3) is 82.5 Å². The zero-order valence-electron chi connectivity index (χ0n) is 24.4. The molecule has 3 heterocycles. The number of benzene rings is 7. The van der Waals surface area contributed by atoms with Gasteiger partial charge in [0.15, 0.2) is 0 Å². The van der Waals surface area contributed by atoms with Gasteiger partial charge in [0, 0.05) is 49.4 Å². The highest BCUT2D eigenvalue weighted by Gasteiger charge is 2.22. The summed E-state index contributed by atoms with van der Waals surface area (Å²) < 4.78 is 7.31. The Kier molecular flexibility index (Phi) is 5.00. The summed E-state index contributed by atoms with van der Waals surface area (Å²) in [6, 6.07) is 59.3. The van der Waals surface area contributed by atoms with E-state index in [9.17, 15) is 0 Å². The Labute approximate surface area is 259 Å². The van der Waals surface area contributed by atoms with Crippen molar-refractivity contribution in [3.8, 4) is 17.1 Å². The van der Waals surface area contributed by atoms with Gasteiger partial charge < -0.3 is 13.7 Å². The molecule has 0 fully saturated rings. The average Bonchev–Trinajstić information content (AvgIpc) is 3.73. The number of fused-ring (bicyclic) bond motifs is 10. The van der Waals surface area contributed by atoms with Gasteiger partial charge in [0.2, 0.25) is 0 Å². The third-order valence-corrected chi connectivity index (χ3v) is 9.40. The third kappa shape index (κ3) is 3.35. The molecule has 0 amide bonds. The lowest BCUT2D eigenvalue weighted by Gasteiger charge is -2.11. The van der Waals surface area contributed by atoms with Crippen molar-refractivity contribution in [1.29, 1.82) is 0 Å². The zero-order valence-corrected chi connectivity index (χ0v) is 24.4. The van der Waals surface area contributed by atoms with Gasteiger partial charge in [-0.15, -0.1) is 0 Å². The second-order valence-electron chi connectivity index (χ2n) is 11.8. The minimum Gasteiger partial charge on any atom is -0.309 e. The fourth-order valence-electron chi connectivity index (χ4n) is 7.57. The maximum absolute atomic E-state index is 2.49. The van der Waals surface area contributed by atoms with Crippen LogP contribution in [0.2, 0.25) is 0 Å². The van der Waals surface area contributed by atoms with E-state index in [-0.39, 0.29) is 0 Å². The SMILES string of the molecule is c1ccc(-n2c3ccccc3c3cc4c5ccc6c(c7ccccc7n6-c6ccccc6)c5n(-c5ccccc5)c4cc32)cc1. The van der Waals surface area contributed by atoms with Crippen LogP contribution < -0.4 is 0 Å². The number of hydrogen-bond acceptors (Lipinski definition) is 0. The highest BCUT2D eigenvalue weighted by Crippen LogP contribution is 2.44. The van der Waals surface area contributed by atoms with Crippen LogP contribution in [0, 0.1) is 0 Å². The first-order chi connectivity index (χ1) is 22.4. The third-order valence-electron chi connectivity index (χ3n) is 9.40. The van der Waals surface area contributed by atoms with Crippen LogP contribution in [-0.2, 0) is 0 Å². The monoisotopic (exact) mass is 573 g/mol. The Morgan fingerprint density at radius 1 is 0.267 bits per heavy atom. The molecule has 0 saturated carbocycles. The highest BCUT2D eigenvalue weighted by atomic mass is 15.0. The number of nitrogens with zero attached hydrogens (tertiary/aromatic N) is 3. The molecule has 0 spiro atoms. The van der Waals surface area contributed by atoms with E-state index in [1.807, 2.05) is 0 Å². The lowest BCUT2D eigenvalue weighted by atomic mass is 10.1. The zero-order chi connectivity index (χ0) is 29.5. The van der Waals surface area contributed by atoms with Gasteiger partial charge in [-0.25, -0.2) is 0 Å². The summed E-state index contributed by atoms with van der Waals surface area (Å²) >= 11 is 0. The van der Waals surface area contributed by atoms with Crippen molar-refractivity contribution in [3.63, 3.8) is 0 Å². The molecule has 0 N–H and O–H groups in total. The normalized spacial score (nSPS) is 12.0. The first-order valence-corrected chi connectivity index (χ1v) is 15.5. The largest absolute Gasteiger partial charge is 0.309 e. The van der Waals surface area contributed by atoms with E-state index in [0.29, 0.717) is 0 Å². The van der Waals surface area contributed by atoms with Gasteiger partial charge in [0.05, 0.1) is 33.1 Å². The predicted molar refractivity (Wildman–Crippen MR) is 189 cm³/mol. The molecule has 10 rings (SSSR count). The van der Waals surface area contributed by atoms with Crippen molar-refractivity contribution in [3.05, 3.63) is 164 Å². The standard InChI is InChI=1S/C42H27N3/c1-4-14-28(15-5-1)43-37-23-13-11-21-33(37)41-38(43)25-24-32-35-26-34-31-20-10-12-22-36(31)44(29-16-6-2-7-17-29)39(34)27-40(35)45(42(32)41)30-18-8-3-9-19-30/h1-27H. The Hall–Kier alpha value is -6.06. The van der Waals surface area contributed by atoms with E-state index in [0.717, 1.165) is 5.69 Å². The molecule has 210 valence electrons. The molecule has 10 aromatic rings. The molecule has 3 nitrogen and oxygen atoms in total. The van der Waals surface area contributed by atoms with Crippen LogP contribution in [0.5, 0.6) is 0 Å². The van der Waals surface area contributed by atoms with E-state index >= 15 is 0 Å². The molecule has 0 aliphatic rings. The van der Waals surface area contributed by atoms with Crippen LogP contribution in [0.3, 0.4) is 0 Å². The highest BCUT2D eigenvalue weighted by molar-refractivity contribution is 6.28. The minimum atomic E-state index is 1.16. The van der Waals surface area contributed by atoms with E-state index in [4.69, 9.17) is 0 Å². The van der Waals surface area contributed by atoms with Crippen molar-refractivity contribution in [2.75, 3.05) is 0 Å². The summed E-state index contributed by atoms with van der Waals surface area (Å²) in [5, 5.41) is 7.58. The second kappa shape index (κ2) is 9.22. The van der Waals surface area contributed by atoms with Gasteiger partial charge in [-0.1, -0.05) is 97.1 Å². The van der Waals surface area contributed by atoms with Gasteiger partial charge in [0.25, 0.3) is 0 Å². The molecular weight excluding hydrogens is 546 g/mol. The van der Waals surface area contributed by atoms with E-state index < -0.39 is 0 Å². The molecule has 3 heteroatoms. The molecule has 7 aromatic carbocycles. The number of aromatic nitrogens is 3. The maximum Gasteiger partial charge on any atom is 0.0641 e. The van der Waals surface area contributed by atoms with E-state index in [1.165, 1.54) is 76.8 Å². The second-order valence-corrected chi connectivity index (χ2v) is 11.8. The molecule has 0 saturated heterocycles. The Balaban J connectivity index is 1.44. The first kappa shape index (κ1) is 24.4. The molecule has 0 unspecified atom stereocenters. The first-order valence-electron chi connectivity index (χ1n) is 15.5. The van der Waals surface area contributed by atoms with Crippen molar-refractivity contribution >= 4 is 65.4 Å². The Morgan fingerprint density at radius 3 is 1.38 bits per heavy atom. The van der Waals surface area contributed by atoms with E-state index in [2.05, 4.69) is 177 Å². The topological polar surface area (TPSA) is 14.8 Å². The summed E-state index contributed by atoms with van der Waals surface area (Å²) in [6.07, 6.45) is 0. The van der Waals surface area contributed by atoms with Crippen LogP contribution in [0.4, 0.5) is 0 Å². The van der Waals surface area contributed by atoms with Gasteiger partial charge in [-0.05, 0) is 66.7 Å². The summed E-state index contributed by atoms with van der Waals surface area (Å²) in [5.74, 6) is 0. The van der Waals surface area contributed by atoms with Crippen molar-refractivity contribution in [2.24, 2.45) is 0 Å². The fourth-order valence-corrected chi connectivity index (χ4v) is 7.57. The predicted octanol–water partition coefficient (Wildman–Crippen LogP) is 11.0. The molecule has 45 heavy (non-hydrogen) atoms. The molecule has 0 bridgehead atoms. The van der Waals surface area contributed by atoms with Crippen LogP contribution in [0.1, 0.15) is 0 Å². The van der Waals surface area contributed by atoms with Crippen LogP contribution >= 0.6 is 0 Å². The molecule has 0 aliphatic heterocycles. The summed E-state index contributed by atoms with van der Waals surface area (Å²) in [4.78, 5) is 0. The number of hydrogen-bond donors (Lipinski definition) is 0. The van der Waals surface area contributed by atoms with Gasteiger partial charge in [-0.3, -0.25) is 0 Å². The quantitative estimate of drug-likeness (QED) is 0.200. The van der Waals surface area contributed by atoms with Gasteiger partial charge in [-0.2, -0.15) is 0 Å².